The normalized spacial score (nSPS) is 15.5. The van der Waals surface area contributed by atoms with Gasteiger partial charge < -0.3 is 10.1 Å². The van der Waals surface area contributed by atoms with E-state index in [1.54, 1.807) is 6.20 Å². The van der Waals surface area contributed by atoms with Crippen molar-refractivity contribution in [3.05, 3.63) is 18.0 Å². The number of ether oxygens (including phenoxy) is 1. The van der Waals surface area contributed by atoms with Gasteiger partial charge in [-0.15, -0.1) is 0 Å². The smallest absolute Gasteiger partial charge is 0.161 e. The molecule has 0 amide bonds. The maximum Gasteiger partial charge on any atom is 0.161 e. The third-order valence-corrected chi connectivity index (χ3v) is 2.17. The van der Waals surface area contributed by atoms with E-state index in [0.29, 0.717) is 6.10 Å². The number of nitrogens with one attached hydrogen (secondary N) is 1. The molecule has 1 aliphatic rings. The van der Waals surface area contributed by atoms with Crippen molar-refractivity contribution < 1.29 is 4.74 Å². The van der Waals surface area contributed by atoms with E-state index in [2.05, 4.69) is 10.3 Å². The van der Waals surface area contributed by atoms with Gasteiger partial charge in [-0.2, -0.15) is 0 Å². The molecule has 1 heterocycles. The Labute approximate surface area is 78.1 Å². The average Bonchev–Trinajstić information content (AvgIpc) is 2.89. The van der Waals surface area contributed by atoms with Crippen LogP contribution in [0.15, 0.2) is 12.4 Å². The monoisotopic (exact) mass is 178 g/mol. The SMILES string of the molecule is CNc1c(C)cncc1OC1CC1. The van der Waals surface area contributed by atoms with Gasteiger partial charge in [0.05, 0.1) is 18.0 Å². The van der Waals surface area contributed by atoms with Crippen LogP contribution in [0.3, 0.4) is 0 Å². The maximum atomic E-state index is 5.70. The summed E-state index contributed by atoms with van der Waals surface area (Å²) in [6.45, 7) is 2.03. The summed E-state index contributed by atoms with van der Waals surface area (Å²) in [5, 5.41) is 3.13. The first-order valence-electron chi connectivity index (χ1n) is 4.60. The van der Waals surface area contributed by atoms with Gasteiger partial charge in [-0.3, -0.25) is 4.98 Å². The van der Waals surface area contributed by atoms with Crippen molar-refractivity contribution in [2.45, 2.75) is 25.9 Å². The van der Waals surface area contributed by atoms with E-state index in [-0.39, 0.29) is 0 Å². The van der Waals surface area contributed by atoms with Crippen molar-refractivity contribution in [1.82, 2.24) is 4.98 Å². The minimum Gasteiger partial charge on any atom is -0.487 e. The van der Waals surface area contributed by atoms with Gasteiger partial charge in [0.2, 0.25) is 0 Å². The van der Waals surface area contributed by atoms with Crippen LogP contribution in [-0.4, -0.2) is 18.1 Å². The maximum absolute atomic E-state index is 5.70. The Balaban J connectivity index is 2.25. The number of hydrogen-bond donors (Lipinski definition) is 1. The Kier molecular flexibility index (Phi) is 2.08. The molecule has 0 spiro atoms. The summed E-state index contributed by atoms with van der Waals surface area (Å²) < 4.78 is 5.70. The van der Waals surface area contributed by atoms with Gasteiger partial charge in [0.15, 0.2) is 5.75 Å². The van der Waals surface area contributed by atoms with Gasteiger partial charge in [-0.05, 0) is 25.3 Å². The molecule has 3 nitrogen and oxygen atoms in total. The fraction of sp³-hybridized carbons (Fsp3) is 0.500. The summed E-state index contributed by atoms with van der Waals surface area (Å²) in [5.74, 6) is 0.880. The molecule has 0 atom stereocenters. The van der Waals surface area contributed by atoms with E-state index in [1.165, 1.54) is 12.8 Å². The molecule has 1 N–H and O–H groups in total. The van der Waals surface area contributed by atoms with E-state index in [9.17, 15) is 0 Å². The minimum absolute atomic E-state index is 0.427. The van der Waals surface area contributed by atoms with Crippen LogP contribution in [0, 0.1) is 6.92 Å². The zero-order valence-electron chi connectivity index (χ0n) is 8.00. The number of pyridine rings is 1. The number of anilines is 1. The molecule has 13 heavy (non-hydrogen) atoms. The van der Waals surface area contributed by atoms with Gasteiger partial charge in [0.25, 0.3) is 0 Å². The predicted octanol–water partition coefficient (Wildman–Crippen LogP) is 1.97. The van der Waals surface area contributed by atoms with Gasteiger partial charge in [-0.25, -0.2) is 0 Å². The van der Waals surface area contributed by atoms with Crippen molar-refractivity contribution >= 4 is 5.69 Å². The molecule has 0 radical (unpaired) electrons. The van der Waals surface area contributed by atoms with E-state index in [1.807, 2.05) is 20.2 Å². The highest BCUT2D eigenvalue weighted by molar-refractivity contribution is 5.59. The Morgan fingerprint density at radius 1 is 1.46 bits per heavy atom. The lowest BCUT2D eigenvalue weighted by atomic mass is 10.2. The number of rotatable bonds is 3. The molecule has 0 saturated heterocycles. The average molecular weight is 178 g/mol. The van der Waals surface area contributed by atoms with Crippen LogP contribution in [0.4, 0.5) is 5.69 Å². The minimum atomic E-state index is 0.427. The van der Waals surface area contributed by atoms with Crippen molar-refractivity contribution in [2.75, 3.05) is 12.4 Å². The molecular weight excluding hydrogens is 164 g/mol. The van der Waals surface area contributed by atoms with Crippen molar-refractivity contribution in [3.63, 3.8) is 0 Å². The molecule has 1 aliphatic carbocycles. The summed E-state index contributed by atoms with van der Waals surface area (Å²) >= 11 is 0. The second kappa shape index (κ2) is 3.24. The first-order chi connectivity index (χ1) is 6.31. The van der Waals surface area contributed by atoms with E-state index < -0.39 is 0 Å². The molecule has 0 aromatic carbocycles. The molecule has 1 saturated carbocycles. The molecule has 0 aliphatic heterocycles. The zero-order valence-corrected chi connectivity index (χ0v) is 8.00. The lowest BCUT2D eigenvalue weighted by Crippen LogP contribution is -2.02. The fourth-order valence-corrected chi connectivity index (χ4v) is 1.32. The number of aromatic nitrogens is 1. The summed E-state index contributed by atoms with van der Waals surface area (Å²) in [6, 6.07) is 0. The number of aryl methyl sites for hydroxylation is 1. The predicted molar refractivity (Wildman–Crippen MR) is 52.2 cm³/mol. The summed E-state index contributed by atoms with van der Waals surface area (Å²) in [6.07, 6.45) is 6.40. The first kappa shape index (κ1) is 8.35. The lowest BCUT2D eigenvalue weighted by molar-refractivity contribution is 0.303. The topological polar surface area (TPSA) is 34.2 Å². The highest BCUT2D eigenvalue weighted by Crippen LogP contribution is 2.32. The second-order valence-electron chi connectivity index (χ2n) is 3.40. The van der Waals surface area contributed by atoms with Crippen molar-refractivity contribution in [2.24, 2.45) is 0 Å². The van der Waals surface area contributed by atoms with E-state index >= 15 is 0 Å². The summed E-state index contributed by atoms with van der Waals surface area (Å²) in [4.78, 5) is 4.11. The number of nitrogens with zero attached hydrogens (tertiary/aromatic N) is 1. The lowest BCUT2D eigenvalue weighted by Gasteiger charge is -2.11. The Bertz CT molecular complexity index is 308. The third kappa shape index (κ3) is 1.74. The van der Waals surface area contributed by atoms with Crippen LogP contribution in [0.2, 0.25) is 0 Å². The highest BCUT2D eigenvalue weighted by Gasteiger charge is 2.24. The highest BCUT2D eigenvalue weighted by atomic mass is 16.5. The molecule has 1 aromatic rings. The standard InChI is InChI=1S/C10H14N2O/c1-7-5-12-6-9(10(7)11-2)13-8-3-4-8/h5-6,8H,3-4H2,1-2H3,(H,11,12). The molecule has 1 fully saturated rings. The Morgan fingerprint density at radius 3 is 2.85 bits per heavy atom. The molecule has 0 bridgehead atoms. The van der Waals surface area contributed by atoms with E-state index in [0.717, 1.165) is 17.0 Å². The fourth-order valence-electron chi connectivity index (χ4n) is 1.32. The Hall–Kier alpha value is -1.25. The van der Waals surface area contributed by atoms with Crippen LogP contribution in [0.25, 0.3) is 0 Å². The van der Waals surface area contributed by atoms with Crippen LogP contribution in [-0.2, 0) is 0 Å². The molecule has 2 rings (SSSR count). The van der Waals surface area contributed by atoms with Gasteiger partial charge in [0, 0.05) is 13.2 Å². The van der Waals surface area contributed by atoms with Crippen molar-refractivity contribution in [3.8, 4) is 5.75 Å². The first-order valence-corrected chi connectivity index (χ1v) is 4.60. The van der Waals surface area contributed by atoms with E-state index in [4.69, 9.17) is 4.74 Å². The van der Waals surface area contributed by atoms with Crippen LogP contribution in [0.5, 0.6) is 5.75 Å². The van der Waals surface area contributed by atoms with Gasteiger partial charge in [0.1, 0.15) is 0 Å². The quantitative estimate of drug-likeness (QED) is 0.768. The number of hydrogen-bond acceptors (Lipinski definition) is 3. The summed E-state index contributed by atoms with van der Waals surface area (Å²) in [7, 11) is 1.90. The molecule has 3 heteroatoms. The van der Waals surface area contributed by atoms with Crippen molar-refractivity contribution in [1.29, 1.82) is 0 Å². The summed E-state index contributed by atoms with van der Waals surface area (Å²) in [5.41, 5.74) is 2.18. The molecular formula is C10H14N2O. The third-order valence-electron chi connectivity index (χ3n) is 2.17. The van der Waals surface area contributed by atoms with Crippen LogP contribution >= 0.6 is 0 Å². The van der Waals surface area contributed by atoms with Crippen LogP contribution < -0.4 is 10.1 Å². The van der Waals surface area contributed by atoms with Gasteiger partial charge >= 0.3 is 0 Å². The van der Waals surface area contributed by atoms with Gasteiger partial charge in [-0.1, -0.05) is 0 Å². The largest absolute Gasteiger partial charge is 0.487 e. The zero-order chi connectivity index (χ0) is 9.26. The Morgan fingerprint density at radius 2 is 2.23 bits per heavy atom. The molecule has 1 aromatic heterocycles. The second-order valence-corrected chi connectivity index (χ2v) is 3.40. The molecule has 0 unspecified atom stereocenters. The van der Waals surface area contributed by atoms with Crippen LogP contribution in [0.1, 0.15) is 18.4 Å². The molecule has 70 valence electrons.